The number of piperazine rings is 1. The molecule has 0 spiro atoms. The lowest BCUT2D eigenvalue weighted by atomic mass is 9.94. The van der Waals surface area contributed by atoms with Gasteiger partial charge >= 0.3 is 0 Å². The van der Waals surface area contributed by atoms with Crippen LogP contribution in [0.25, 0.3) is 0 Å². The zero-order chi connectivity index (χ0) is 20.2. The van der Waals surface area contributed by atoms with Crippen molar-refractivity contribution in [1.29, 1.82) is 0 Å². The minimum Gasteiger partial charge on any atom is -0.339 e. The quantitative estimate of drug-likeness (QED) is 0.688. The molecular weight excluding hydrogens is 424 g/mol. The Morgan fingerprint density at radius 2 is 1.82 bits per heavy atom. The molecule has 1 saturated carbocycles. The molecule has 1 unspecified atom stereocenters. The van der Waals surface area contributed by atoms with Crippen molar-refractivity contribution in [2.45, 2.75) is 29.9 Å². The molecule has 1 amide bonds. The molecule has 4 rings (SSSR count). The fourth-order valence-corrected chi connectivity index (χ4v) is 8.89. The molecule has 0 radical (unpaired) electrons. The minimum absolute atomic E-state index is 0.0234. The first-order chi connectivity index (χ1) is 13.1. The maximum atomic E-state index is 13.1. The number of hydrogen-bond acceptors (Lipinski definition) is 5. The maximum absolute atomic E-state index is 13.1. The van der Waals surface area contributed by atoms with Crippen LogP contribution in [0.15, 0.2) is 24.3 Å². The van der Waals surface area contributed by atoms with Crippen LogP contribution in [0.5, 0.6) is 0 Å². The number of halogens is 1. The van der Waals surface area contributed by atoms with Crippen molar-refractivity contribution < 1.29 is 21.6 Å². The predicted molar refractivity (Wildman–Crippen MR) is 106 cm³/mol. The van der Waals surface area contributed by atoms with Gasteiger partial charge in [-0.25, -0.2) is 16.8 Å². The molecule has 0 N–H and O–H groups in total. The molecule has 2 aliphatic heterocycles. The van der Waals surface area contributed by atoms with Crippen molar-refractivity contribution in [2.75, 3.05) is 37.7 Å². The molecule has 154 valence electrons. The van der Waals surface area contributed by atoms with Crippen molar-refractivity contribution in [1.82, 2.24) is 9.21 Å². The predicted octanol–water partition coefficient (Wildman–Crippen LogP) is 1.03. The monoisotopic (exact) mass is 446 g/mol. The summed E-state index contributed by atoms with van der Waals surface area (Å²) < 4.78 is 50.2. The highest BCUT2D eigenvalue weighted by molar-refractivity contribution is 7.95. The van der Waals surface area contributed by atoms with E-state index in [1.54, 1.807) is 11.0 Å². The first-order valence-electron chi connectivity index (χ1n) is 9.39. The smallest absolute Gasteiger partial charge is 0.233 e. The molecule has 10 heteroatoms. The fourth-order valence-electron chi connectivity index (χ4n) is 4.19. The van der Waals surface area contributed by atoms with Crippen LogP contribution in [0.2, 0.25) is 5.02 Å². The topological polar surface area (TPSA) is 91.8 Å². The van der Waals surface area contributed by atoms with E-state index in [0.29, 0.717) is 18.1 Å². The summed E-state index contributed by atoms with van der Waals surface area (Å²) in [6, 6.07) is 7.36. The molecular formula is C18H23ClN2O5S2. The Balaban J connectivity index is 1.42. The SMILES string of the molecule is O=C(N1CCN(S(=O)(=O)C2CCS(=O)(=O)C2)CC1)C1(c2cccc(Cl)c2)CC1. The van der Waals surface area contributed by atoms with Crippen molar-refractivity contribution in [3.05, 3.63) is 34.9 Å². The van der Waals surface area contributed by atoms with Gasteiger partial charge in [-0.15, -0.1) is 0 Å². The van der Waals surface area contributed by atoms with Gasteiger partial charge in [0.05, 0.1) is 22.2 Å². The Hall–Kier alpha value is -1.16. The molecule has 1 aliphatic carbocycles. The van der Waals surface area contributed by atoms with E-state index in [1.165, 1.54) is 4.31 Å². The molecule has 1 aromatic rings. The van der Waals surface area contributed by atoms with E-state index < -0.39 is 30.5 Å². The summed E-state index contributed by atoms with van der Waals surface area (Å²) in [5.74, 6) is -0.348. The number of sulfonamides is 1. The third kappa shape index (κ3) is 3.58. The highest BCUT2D eigenvalue weighted by Gasteiger charge is 2.53. The van der Waals surface area contributed by atoms with Crippen LogP contribution in [0.3, 0.4) is 0 Å². The van der Waals surface area contributed by atoms with Gasteiger partial charge in [-0.05, 0) is 37.0 Å². The highest BCUT2D eigenvalue weighted by Crippen LogP contribution is 2.50. The second kappa shape index (κ2) is 6.97. The molecule has 7 nitrogen and oxygen atoms in total. The number of benzene rings is 1. The number of amides is 1. The van der Waals surface area contributed by atoms with Crippen molar-refractivity contribution in [2.24, 2.45) is 0 Å². The normalized spacial score (nSPS) is 26.9. The van der Waals surface area contributed by atoms with Gasteiger partial charge < -0.3 is 4.90 Å². The Labute approximate surface area is 170 Å². The van der Waals surface area contributed by atoms with Crippen LogP contribution in [0.1, 0.15) is 24.8 Å². The van der Waals surface area contributed by atoms with E-state index >= 15 is 0 Å². The summed E-state index contributed by atoms with van der Waals surface area (Å²) in [5, 5.41) is -0.264. The maximum Gasteiger partial charge on any atom is 0.233 e. The van der Waals surface area contributed by atoms with Gasteiger partial charge in [-0.3, -0.25) is 4.79 Å². The molecule has 28 heavy (non-hydrogen) atoms. The van der Waals surface area contributed by atoms with Crippen molar-refractivity contribution in [3.8, 4) is 0 Å². The average molecular weight is 447 g/mol. The lowest BCUT2D eigenvalue weighted by molar-refractivity contribution is -0.135. The average Bonchev–Trinajstić information content (AvgIpc) is 3.39. The summed E-state index contributed by atoms with van der Waals surface area (Å²) in [6.45, 7) is 1.05. The molecule has 3 aliphatic rings. The largest absolute Gasteiger partial charge is 0.339 e. The first kappa shape index (κ1) is 20.1. The van der Waals surface area contributed by atoms with Gasteiger partial charge in [0.2, 0.25) is 15.9 Å². The third-order valence-corrected chi connectivity index (χ3v) is 10.6. The van der Waals surface area contributed by atoms with Gasteiger partial charge in [0, 0.05) is 31.2 Å². The van der Waals surface area contributed by atoms with Crippen LogP contribution in [0, 0.1) is 0 Å². The summed E-state index contributed by atoms with van der Waals surface area (Å²) in [4.78, 5) is 14.9. The number of carbonyl (C=O) groups excluding carboxylic acids is 1. The summed E-state index contributed by atoms with van der Waals surface area (Å²) in [7, 11) is -6.93. The fraction of sp³-hybridized carbons (Fsp3) is 0.611. The Morgan fingerprint density at radius 3 is 2.36 bits per heavy atom. The van der Waals surface area contributed by atoms with E-state index in [0.717, 1.165) is 18.4 Å². The number of sulfone groups is 1. The third-order valence-electron chi connectivity index (χ3n) is 6.03. The number of rotatable bonds is 4. The molecule has 3 fully saturated rings. The summed E-state index contributed by atoms with van der Waals surface area (Å²) in [5.41, 5.74) is 0.377. The van der Waals surface area contributed by atoms with Crippen LogP contribution in [-0.4, -0.2) is 74.9 Å². The van der Waals surface area contributed by atoms with Crippen LogP contribution in [-0.2, 0) is 30.1 Å². The molecule has 2 saturated heterocycles. The summed E-state index contributed by atoms with van der Waals surface area (Å²) in [6.07, 6.45) is 1.69. The van der Waals surface area contributed by atoms with Gasteiger partial charge in [-0.1, -0.05) is 23.7 Å². The van der Waals surface area contributed by atoms with Crippen molar-refractivity contribution in [3.63, 3.8) is 0 Å². The van der Waals surface area contributed by atoms with Gasteiger partial charge in [0.25, 0.3) is 0 Å². The zero-order valence-electron chi connectivity index (χ0n) is 15.4. The Bertz CT molecular complexity index is 997. The lowest BCUT2D eigenvalue weighted by Crippen LogP contribution is -2.54. The van der Waals surface area contributed by atoms with Crippen LogP contribution < -0.4 is 0 Å². The standard InChI is InChI=1S/C18H23ClN2O5S2/c19-15-3-1-2-14(12-15)18(5-6-18)17(22)20-7-9-21(10-8-20)28(25,26)16-4-11-27(23,24)13-16/h1-3,12,16H,4-11,13H2. The first-order valence-corrected chi connectivity index (χ1v) is 13.1. The van der Waals surface area contributed by atoms with E-state index in [-0.39, 0.29) is 36.9 Å². The molecule has 0 aromatic heterocycles. The number of nitrogens with zero attached hydrogens (tertiary/aromatic N) is 2. The minimum atomic E-state index is -3.66. The van der Waals surface area contributed by atoms with E-state index in [1.807, 2.05) is 18.2 Å². The molecule has 0 bridgehead atoms. The summed E-state index contributed by atoms with van der Waals surface area (Å²) >= 11 is 6.08. The molecule has 1 atom stereocenters. The molecule has 1 aromatic carbocycles. The van der Waals surface area contributed by atoms with Crippen LogP contribution >= 0.6 is 11.6 Å². The second-order valence-electron chi connectivity index (χ2n) is 7.85. The van der Waals surface area contributed by atoms with E-state index in [2.05, 4.69) is 0 Å². The van der Waals surface area contributed by atoms with E-state index in [9.17, 15) is 21.6 Å². The zero-order valence-corrected chi connectivity index (χ0v) is 17.8. The Kier molecular flexibility index (Phi) is 5.01. The highest BCUT2D eigenvalue weighted by atomic mass is 35.5. The number of carbonyl (C=O) groups is 1. The number of hydrogen-bond donors (Lipinski definition) is 0. The van der Waals surface area contributed by atoms with Gasteiger partial charge in [-0.2, -0.15) is 4.31 Å². The molecule has 2 heterocycles. The second-order valence-corrected chi connectivity index (χ2v) is 12.7. The van der Waals surface area contributed by atoms with Crippen LogP contribution in [0.4, 0.5) is 0 Å². The lowest BCUT2D eigenvalue weighted by Gasteiger charge is -2.37. The van der Waals surface area contributed by atoms with Gasteiger partial charge in [0.1, 0.15) is 0 Å². The Morgan fingerprint density at radius 1 is 1.14 bits per heavy atom. The van der Waals surface area contributed by atoms with Crippen molar-refractivity contribution >= 4 is 37.4 Å². The van der Waals surface area contributed by atoms with Gasteiger partial charge in [0.15, 0.2) is 9.84 Å². The van der Waals surface area contributed by atoms with E-state index in [4.69, 9.17) is 11.6 Å².